The fraction of sp³-hybridized carbons (Fsp3) is 0. The summed E-state index contributed by atoms with van der Waals surface area (Å²) in [7, 11) is 0. The number of rotatable bonds is 0. The summed E-state index contributed by atoms with van der Waals surface area (Å²) in [6.07, 6.45) is 0. The van der Waals surface area contributed by atoms with Gasteiger partial charge < -0.3 is 0 Å². The summed E-state index contributed by atoms with van der Waals surface area (Å²) >= 11 is 4.45. The molecule has 0 radical (unpaired) electrons. The fourth-order valence-corrected chi connectivity index (χ4v) is 0.744. The summed E-state index contributed by atoms with van der Waals surface area (Å²) in [6, 6.07) is 0. The van der Waals surface area contributed by atoms with Gasteiger partial charge in [-0.1, -0.05) is 0 Å². The van der Waals surface area contributed by atoms with Gasteiger partial charge in [0.05, 0.1) is 0 Å². The molecule has 0 atom stereocenters. The van der Waals surface area contributed by atoms with Crippen LogP contribution < -0.4 is 10.6 Å². The Morgan fingerprint density at radius 3 is 2.00 bits per heavy atom. The monoisotopic (exact) mass is 170 g/mol. The molecule has 0 aromatic carbocycles. The van der Waals surface area contributed by atoms with Crippen LogP contribution in [0.1, 0.15) is 0 Å². The minimum Gasteiger partial charge on any atom is -0.298 e. The fourth-order valence-electron chi connectivity index (χ4n) is 0.558. The van der Waals surface area contributed by atoms with Crippen molar-refractivity contribution < 1.29 is 14.4 Å². The Kier molecular flexibility index (Phi) is 1.80. The van der Waals surface area contributed by atoms with E-state index < -0.39 is 17.4 Å². The quantitative estimate of drug-likeness (QED) is 0.196. The van der Waals surface area contributed by atoms with Gasteiger partial charge in [-0.3, -0.25) is 20.2 Å². The molecule has 1 aliphatic rings. The van der Waals surface area contributed by atoms with E-state index in [1.165, 1.54) is 5.94 Å². The maximum atomic E-state index is 10.7. The molecule has 5 nitrogen and oxygen atoms in total. The third-order valence-corrected chi connectivity index (χ3v) is 1.21. The van der Waals surface area contributed by atoms with Crippen molar-refractivity contribution in [2.45, 2.75) is 0 Å². The molecule has 11 heavy (non-hydrogen) atoms. The second kappa shape index (κ2) is 2.61. The van der Waals surface area contributed by atoms with Gasteiger partial charge in [0.25, 0.3) is 11.8 Å². The van der Waals surface area contributed by atoms with Crippen LogP contribution in [0.25, 0.3) is 0 Å². The molecule has 1 rings (SSSR count). The number of carbonyl (C=O) groups excluding carboxylic acids is 3. The third-order valence-electron chi connectivity index (χ3n) is 1.01. The largest absolute Gasteiger partial charge is 0.298 e. The van der Waals surface area contributed by atoms with Gasteiger partial charge in [-0.15, -0.1) is 0 Å². The van der Waals surface area contributed by atoms with Crippen molar-refractivity contribution in [2.24, 2.45) is 0 Å². The molecule has 2 amide bonds. The number of nitrogens with one attached hydrogen (secondary N) is 2. The van der Waals surface area contributed by atoms with Crippen LogP contribution in [0.5, 0.6) is 0 Å². The van der Waals surface area contributed by atoms with Crippen molar-refractivity contribution in [1.82, 2.24) is 10.6 Å². The zero-order valence-corrected chi connectivity index (χ0v) is 5.95. The van der Waals surface area contributed by atoms with Crippen LogP contribution in [-0.4, -0.2) is 22.9 Å². The van der Waals surface area contributed by atoms with Crippen LogP contribution in [0.4, 0.5) is 0 Å². The van der Waals surface area contributed by atoms with E-state index in [9.17, 15) is 14.4 Å². The molecule has 6 heteroatoms. The Morgan fingerprint density at radius 2 is 1.64 bits per heavy atom. The standard InChI is InChI=1S/C5H2N2O3S/c8-1-2-3(9)6-5(11)7-4(2)10/h(H2,6,7,9,10,11). The van der Waals surface area contributed by atoms with E-state index in [0.29, 0.717) is 0 Å². The maximum Gasteiger partial charge on any atom is 0.274 e. The van der Waals surface area contributed by atoms with E-state index in [1.807, 2.05) is 0 Å². The van der Waals surface area contributed by atoms with Crippen LogP contribution in [0.15, 0.2) is 5.57 Å². The lowest BCUT2D eigenvalue weighted by Gasteiger charge is -2.12. The lowest BCUT2D eigenvalue weighted by Crippen LogP contribution is -2.51. The van der Waals surface area contributed by atoms with Crippen molar-refractivity contribution in [3.05, 3.63) is 5.57 Å². The van der Waals surface area contributed by atoms with Gasteiger partial charge in [0.1, 0.15) is 5.94 Å². The first-order valence-electron chi connectivity index (χ1n) is 2.57. The Hall–Kier alpha value is -1.52. The van der Waals surface area contributed by atoms with Gasteiger partial charge in [0.15, 0.2) is 10.7 Å². The average molecular weight is 170 g/mol. The van der Waals surface area contributed by atoms with Gasteiger partial charge in [-0.2, -0.15) is 0 Å². The minimum atomic E-state index is -0.811. The normalized spacial score (nSPS) is 17.1. The van der Waals surface area contributed by atoms with Crippen molar-refractivity contribution in [3.8, 4) is 0 Å². The third kappa shape index (κ3) is 1.31. The predicted molar refractivity (Wildman–Crippen MR) is 38.1 cm³/mol. The second-order valence-corrected chi connectivity index (χ2v) is 2.12. The average Bonchev–Trinajstić information content (AvgIpc) is 1.85. The number of amides is 2. The van der Waals surface area contributed by atoms with Gasteiger partial charge in [-0.25, -0.2) is 4.79 Å². The zero-order chi connectivity index (χ0) is 8.43. The van der Waals surface area contributed by atoms with E-state index in [0.717, 1.165) is 0 Å². The zero-order valence-electron chi connectivity index (χ0n) is 5.13. The topological polar surface area (TPSA) is 75.3 Å². The molecule has 0 spiro atoms. The Morgan fingerprint density at radius 1 is 1.18 bits per heavy atom. The summed E-state index contributed by atoms with van der Waals surface area (Å²) in [5.74, 6) is -0.416. The summed E-state index contributed by atoms with van der Waals surface area (Å²) in [6.45, 7) is 0. The van der Waals surface area contributed by atoms with Crippen molar-refractivity contribution in [3.63, 3.8) is 0 Å². The maximum absolute atomic E-state index is 10.7. The van der Waals surface area contributed by atoms with Gasteiger partial charge in [-0.05, 0) is 12.2 Å². The highest BCUT2D eigenvalue weighted by atomic mass is 32.1. The Bertz CT molecular complexity index is 281. The first-order chi connectivity index (χ1) is 5.15. The molecule has 0 aromatic rings. The number of hydrogen-bond acceptors (Lipinski definition) is 4. The van der Waals surface area contributed by atoms with Crippen LogP contribution >= 0.6 is 12.2 Å². The summed E-state index contributed by atoms with van der Waals surface area (Å²) < 4.78 is 0. The van der Waals surface area contributed by atoms with E-state index in [2.05, 4.69) is 22.9 Å². The molecule has 1 fully saturated rings. The summed E-state index contributed by atoms with van der Waals surface area (Å²) in [5, 5.41) is 4.05. The lowest BCUT2D eigenvalue weighted by molar-refractivity contribution is -0.123. The summed E-state index contributed by atoms with van der Waals surface area (Å²) in [5.41, 5.74) is -0.585. The molecular weight excluding hydrogens is 168 g/mol. The van der Waals surface area contributed by atoms with E-state index >= 15 is 0 Å². The SMILES string of the molecule is O=C=C1C(=O)NC(=S)NC1=O. The molecule has 0 aromatic heterocycles. The lowest BCUT2D eigenvalue weighted by atomic mass is 10.2. The minimum absolute atomic E-state index is 0.0981. The smallest absolute Gasteiger partial charge is 0.274 e. The van der Waals surface area contributed by atoms with E-state index in [-0.39, 0.29) is 5.11 Å². The molecule has 1 heterocycles. The molecule has 0 aliphatic carbocycles. The highest BCUT2D eigenvalue weighted by Crippen LogP contribution is 1.93. The molecule has 0 saturated carbocycles. The Labute approximate surface area is 66.4 Å². The van der Waals surface area contributed by atoms with Crippen LogP contribution in [0.3, 0.4) is 0 Å². The van der Waals surface area contributed by atoms with E-state index in [4.69, 9.17) is 0 Å². The molecule has 1 aliphatic heterocycles. The van der Waals surface area contributed by atoms with Gasteiger partial charge >= 0.3 is 0 Å². The highest BCUT2D eigenvalue weighted by molar-refractivity contribution is 7.80. The van der Waals surface area contributed by atoms with Crippen molar-refractivity contribution in [2.75, 3.05) is 0 Å². The Balaban J connectivity index is 3.02. The highest BCUT2D eigenvalue weighted by Gasteiger charge is 2.26. The van der Waals surface area contributed by atoms with Crippen LogP contribution in [0.2, 0.25) is 0 Å². The van der Waals surface area contributed by atoms with Gasteiger partial charge in [0, 0.05) is 0 Å². The number of hydrogen-bond donors (Lipinski definition) is 2. The molecule has 0 unspecified atom stereocenters. The van der Waals surface area contributed by atoms with Crippen molar-refractivity contribution in [1.29, 1.82) is 0 Å². The molecule has 2 N–H and O–H groups in total. The molecule has 56 valence electrons. The predicted octanol–water partition coefficient (Wildman–Crippen LogP) is -1.72. The van der Waals surface area contributed by atoms with Crippen LogP contribution in [-0.2, 0) is 14.4 Å². The van der Waals surface area contributed by atoms with Crippen molar-refractivity contribution >= 4 is 35.1 Å². The molecular formula is C5H2N2O3S. The van der Waals surface area contributed by atoms with Gasteiger partial charge in [0.2, 0.25) is 0 Å². The first kappa shape index (κ1) is 7.59. The summed E-state index contributed by atoms with van der Waals surface area (Å²) in [4.78, 5) is 31.3. The molecule has 0 bridgehead atoms. The number of carbonyl (C=O) groups is 2. The second-order valence-electron chi connectivity index (χ2n) is 1.71. The first-order valence-corrected chi connectivity index (χ1v) is 2.97. The van der Waals surface area contributed by atoms with E-state index in [1.54, 1.807) is 0 Å². The van der Waals surface area contributed by atoms with Crippen LogP contribution in [0, 0.1) is 0 Å². The number of thiocarbonyl (C=S) groups is 1. The molecule has 1 saturated heterocycles.